The first-order valence-electron chi connectivity index (χ1n) is 9.25. The molecule has 0 atom stereocenters. The zero-order valence-corrected chi connectivity index (χ0v) is 18.2. The van der Waals surface area contributed by atoms with E-state index in [0.29, 0.717) is 25.2 Å². The zero-order valence-electron chi connectivity index (χ0n) is 16.6. The number of halogens is 1. The Morgan fingerprint density at radius 1 is 1.22 bits per heavy atom. The standard InChI is InChI=1S/C19H30ClN3O3S/c1-19(2,14-22(3)4)13-21-18(24)15-8-9-16(20)17(12-15)27(25,26)23-10-6-5-7-11-23/h8-9,12H,5-7,10-11,13-14H2,1-4H3,(H,21,24). The van der Waals surface area contributed by atoms with Gasteiger partial charge in [-0.2, -0.15) is 4.31 Å². The molecule has 1 N–H and O–H groups in total. The summed E-state index contributed by atoms with van der Waals surface area (Å²) in [7, 11) is 0.280. The van der Waals surface area contributed by atoms with E-state index in [1.807, 2.05) is 14.1 Å². The second-order valence-corrected chi connectivity index (χ2v) is 10.5. The number of nitrogens with one attached hydrogen (secondary N) is 1. The van der Waals surface area contributed by atoms with Crippen molar-refractivity contribution in [1.82, 2.24) is 14.5 Å². The maximum atomic E-state index is 12.9. The highest BCUT2D eigenvalue weighted by Gasteiger charge is 2.29. The molecular weight excluding hydrogens is 386 g/mol. The second kappa shape index (κ2) is 8.90. The molecule has 27 heavy (non-hydrogen) atoms. The molecular formula is C19H30ClN3O3S. The van der Waals surface area contributed by atoms with Crippen molar-refractivity contribution in [2.24, 2.45) is 5.41 Å². The molecule has 1 aromatic carbocycles. The van der Waals surface area contributed by atoms with E-state index in [1.165, 1.54) is 16.4 Å². The maximum Gasteiger partial charge on any atom is 0.251 e. The van der Waals surface area contributed by atoms with Crippen molar-refractivity contribution < 1.29 is 13.2 Å². The lowest BCUT2D eigenvalue weighted by atomic mass is 9.93. The van der Waals surface area contributed by atoms with Gasteiger partial charge in [-0.15, -0.1) is 0 Å². The number of hydrogen-bond donors (Lipinski definition) is 1. The van der Waals surface area contributed by atoms with Crippen molar-refractivity contribution in [3.8, 4) is 0 Å². The molecule has 8 heteroatoms. The van der Waals surface area contributed by atoms with Gasteiger partial charge in [0.25, 0.3) is 5.91 Å². The fourth-order valence-electron chi connectivity index (χ4n) is 3.42. The molecule has 2 rings (SSSR count). The molecule has 0 aromatic heterocycles. The van der Waals surface area contributed by atoms with Crippen LogP contribution in [0.25, 0.3) is 0 Å². The Bertz CT molecular complexity index is 772. The molecule has 6 nitrogen and oxygen atoms in total. The highest BCUT2D eigenvalue weighted by Crippen LogP contribution is 2.28. The Morgan fingerprint density at radius 3 is 2.44 bits per heavy atom. The Hall–Kier alpha value is -1.15. The number of amides is 1. The third kappa shape index (κ3) is 5.91. The molecule has 152 valence electrons. The van der Waals surface area contributed by atoms with Gasteiger partial charge >= 0.3 is 0 Å². The summed E-state index contributed by atoms with van der Waals surface area (Å²) in [5, 5.41) is 3.05. The first-order chi connectivity index (χ1) is 12.5. The third-order valence-corrected chi connectivity index (χ3v) is 6.98. The van der Waals surface area contributed by atoms with E-state index < -0.39 is 10.0 Å². The first-order valence-corrected chi connectivity index (χ1v) is 11.1. The third-order valence-electron chi connectivity index (χ3n) is 4.60. The molecule has 0 saturated carbocycles. The zero-order chi connectivity index (χ0) is 20.2. The number of nitrogens with zero attached hydrogens (tertiary/aromatic N) is 2. The number of benzene rings is 1. The molecule has 0 radical (unpaired) electrons. The minimum absolute atomic E-state index is 0.00580. The number of sulfonamides is 1. The lowest BCUT2D eigenvalue weighted by Gasteiger charge is -2.28. The van der Waals surface area contributed by atoms with Gasteiger partial charge in [0, 0.05) is 31.7 Å². The topological polar surface area (TPSA) is 69.7 Å². The van der Waals surface area contributed by atoms with Crippen LogP contribution in [0.4, 0.5) is 0 Å². The van der Waals surface area contributed by atoms with Crippen LogP contribution >= 0.6 is 11.6 Å². The van der Waals surface area contributed by atoms with Crippen LogP contribution < -0.4 is 5.32 Å². The highest BCUT2D eigenvalue weighted by atomic mass is 35.5. The van der Waals surface area contributed by atoms with Crippen LogP contribution in [0.15, 0.2) is 23.1 Å². The Morgan fingerprint density at radius 2 is 1.85 bits per heavy atom. The van der Waals surface area contributed by atoms with Crippen molar-refractivity contribution in [3.63, 3.8) is 0 Å². The molecule has 1 aliphatic rings. The smallest absolute Gasteiger partial charge is 0.251 e. The maximum absolute atomic E-state index is 12.9. The summed E-state index contributed by atoms with van der Waals surface area (Å²) in [4.78, 5) is 14.6. The first kappa shape index (κ1) is 22.1. The van der Waals surface area contributed by atoms with E-state index in [-0.39, 0.29) is 21.2 Å². The van der Waals surface area contributed by atoms with Gasteiger partial charge < -0.3 is 10.2 Å². The molecule has 0 bridgehead atoms. The van der Waals surface area contributed by atoms with Gasteiger partial charge in [-0.3, -0.25) is 4.79 Å². The number of carbonyl (C=O) groups is 1. The minimum Gasteiger partial charge on any atom is -0.351 e. The molecule has 0 spiro atoms. The fourth-order valence-corrected chi connectivity index (χ4v) is 5.44. The van der Waals surface area contributed by atoms with Crippen molar-refractivity contribution in [2.45, 2.75) is 38.0 Å². The molecule has 1 aliphatic heterocycles. The van der Waals surface area contributed by atoms with Gasteiger partial charge in [0.2, 0.25) is 10.0 Å². The molecule has 1 aromatic rings. The Kier molecular flexibility index (Phi) is 7.30. The van der Waals surface area contributed by atoms with E-state index in [4.69, 9.17) is 11.6 Å². The van der Waals surface area contributed by atoms with Gasteiger partial charge in [0.05, 0.1) is 5.02 Å². The average molecular weight is 416 g/mol. The van der Waals surface area contributed by atoms with Crippen LogP contribution in [0, 0.1) is 5.41 Å². The van der Waals surface area contributed by atoms with Crippen molar-refractivity contribution in [3.05, 3.63) is 28.8 Å². The summed E-state index contributed by atoms with van der Waals surface area (Å²) in [5.41, 5.74) is 0.199. The quantitative estimate of drug-likeness (QED) is 0.743. The Balaban J connectivity index is 2.17. The number of carbonyl (C=O) groups excluding carboxylic acids is 1. The highest BCUT2D eigenvalue weighted by molar-refractivity contribution is 7.89. The van der Waals surface area contributed by atoms with E-state index in [9.17, 15) is 13.2 Å². The van der Waals surface area contributed by atoms with Crippen molar-refractivity contribution in [2.75, 3.05) is 40.3 Å². The summed E-state index contributed by atoms with van der Waals surface area (Å²) < 4.78 is 27.3. The predicted octanol–water partition coefficient (Wildman–Crippen LogP) is 2.83. The molecule has 1 saturated heterocycles. The normalized spacial score (nSPS) is 16.5. The number of rotatable bonds is 7. The monoisotopic (exact) mass is 415 g/mol. The summed E-state index contributed by atoms with van der Waals surface area (Å²) in [5.74, 6) is -0.298. The predicted molar refractivity (Wildman–Crippen MR) is 109 cm³/mol. The largest absolute Gasteiger partial charge is 0.351 e. The van der Waals surface area contributed by atoms with E-state index in [0.717, 1.165) is 25.8 Å². The van der Waals surface area contributed by atoms with Crippen molar-refractivity contribution >= 4 is 27.5 Å². The Labute approximate surface area is 167 Å². The van der Waals surface area contributed by atoms with Gasteiger partial charge in [-0.1, -0.05) is 31.9 Å². The fraction of sp³-hybridized carbons (Fsp3) is 0.632. The molecule has 0 aliphatic carbocycles. The van der Waals surface area contributed by atoms with Gasteiger partial charge in [-0.05, 0) is 50.6 Å². The van der Waals surface area contributed by atoms with Crippen LogP contribution in [0.3, 0.4) is 0 Å². The average Bonchev–Trinajstić information content (AvgIpc) is 2.59. The molecule has 0 unspecified atom stereocenters. The van der Waals surface area contributed by atoms with Gasteiger partial charge in [0.1, 0.15) is 4.90 Å². The van der Waals surface area contributed by atoms with Gasteiger partial charge in [0.15, 0.2) is 0 Å². The van der Waals surface area contributed by atoms with Gasteiger partial charge in [-0.25, -0.2) is 8.42 Å². The molecule has 1 fully saturated rings. The summed E-state index contributed by atoms with van der Waals surface area (Å²) in [6.45, 7) is 6.44. The van der Waals surface area contributed by atoms with E-state index >= 15 is 0 Å². The molecule has 1 heterocycles. The van der Waals surface area contributed by atoms with Crippen LogP contribution in [-0.2, 0) is 10.0 Å². The second-order valence-electron chi connectivity index (χ2n) is 8.19. The van der Waals surface area contributed by atoms with E-state index in [1.54, 1.807) is 6.07 Å². The van der Waals surface area contributed by atoms with Crippen LogP contribution in [-0.4, -0.2) is 63.8 Å². The molecule has 1 amide bonds. The summed E-state index contributed by atoms with van der Waals surface area (Å²) >= 11 is 6.17. The van der Waals surface area contributed by atoms with Crippen LogP contribution in [0.1, 0.15) is 43.5 Å². The lowest BCUT2D eigenvalue weighted by molar-refractivity contribution is 0.0929. The minimum atomic E-state index is -3.69. The summed E-state index contributed by atoms with van der Waals surface area (Å²) in [6, 6.07) is 4.44. The van der Waals surface area contributed by atoms with E-state index in [2.05, 4.69) is 24.1 Å². The number of hydrogen-bond acceptors (Lipinski definition) is 4. The van der Waals surface area contributed by atoms with Crippen LogP contribution in [0.5, 0.6) is 0 Å². The van der Waals surface area contributed by atoms with Crippen molar-refractivity contribution in [1.29, 1.82) is 0 Å². The van der Waals surface area contributed by atoms with Crippen LogP contribution in [0.2, 0.25) is 5.02 Å². The lowest BCUT2D eigenvalue weighted by Crippen LogP contribution is -2.40. The number of piperidine rings is 1. The SMILES string of the molecule is CN(C)CC(C)(C)CNC(=O)c1ccc(Cl)c(S(=O)(=O)N2CCCCC2)c1. The summed E-state index contributed by atoms with van der Waals surface area (Å²) in [6.07, 6.45) is 2.72.